The molecule has 1 aliphatic rings. The van der Waals surface area contributed by atoms with Gasteiger partial charge in [0.15, 0.2) is 0 Å². The Morgan fingerprint density at radius 3 is 2.63 bits per heavy atom. The standard InChI is InChI=1S/C19H30N6O5/c1-3-11(2)16(25-15(26)9-22-17(27)13-5-4-6-21-13)18(28)24-14(19(29)30)7-12-8-20-10-23-12/h8,10-11,13-14,16,21H,3-7,9H2,1-2H3,(H,20,23)(H,22,27)(H,24,28)(H,25,26)(H,29,30). The van der Waals surface area contributed by atoms with E-state index in [0.717, 1.165) is 19.4 Å². The molecule has 0 aromatic carbocycles. The zero-order valence-corrected chi connectivity index (χ0v) is 17.2. The molecule has 3 amide bonds. The van der Waals surface area contributed by atoms with Crippen LogP contribution in [-0.2, 0) is 25.6 Å². The van der Waals surface area contributed by atoms with Crippen molar-refractivity contribution in [3.8, 4) is 0 Å². The number of carbonyl (C=O) groups is 4. The molecule has 0 aliphatic carbocycles. The molecule has 1 saturated heterocycles. The Labute approximate surface area is 174 Å². The summed E-state index contributed by atoms with van der Waals surface area (Å²) in [5, 5.41) is 20.2. The number of aromatic nitrogens is 2. The molecule has 1 aromatic rings. The van der Waals surface area contributed by atoms with Gasteiger partial charge in [0.1, 0.15) is 12.1 Å². The molecule has 0 radical (unpaired) electrons. The lowest BCUT2D eigenvalue weighted by molar-refractivity contribution is -0.142. The van der Waals surface area contributed by atoms with Crippen LogP contribution in [0.4, 0.5) is 0 Å². The number of carboxylic acid groups (broad SMARTS) is 1. The van der Waals surface area contributed by atoms with Crippen LogP contribution in [0.2, 0.25) is 0 Å². The highest BCUT2D eigenvalue weighted by atomic mass is 16.4. The average Bonchev–Trinajstić information content (AvgIpc) is 3.43. The maximum absolute atomic E-state index is 12.8. The Morgan fingerprint density at radius 1 is 1.30 bits per heavy atom. The maximum atomic E-state index is 12.8. The number of amides is 3. The SMILES string of the molecule is CCC(C)C(NC(=O)CNC(=O)C1CCCN1)C(=O)NC(Cc1cnc[nH]1)C(=O)O. The minimum Gasteiger partial charge on any atom is -0.480 e. The minimum absolute atomic E-state index is 0.0344. The first-order chi connectivity index (χ1) is 14.3. The number of H-pyrrole nitrogens is 1. The van der Waals surface area contributed by atoms with E-state index in [-0.39, 0.29) is 30.8 Å². The van der Waals surface area contributed by atoms with Gasteiger partial charge >= 0.3 is 5.97 Å². The molecular weight excluding hydrogens is 392 g/mol. The Kier molecular flexibility index (Phi) is 8.78. The first-order valence-corrected chi connectivity index (χ1v) is 10.1. The molecule has 2 rings (SSSR count). The third-order valence-electron chi connectivity index (χ3n) is 5.21. The summed E-state index contributed by atoms with van der Waals surface area (Å²) < 4.78 is 0. The quantitative estimate of drug-likeness (QED) is 0.264. The monoisotopic (exact) mass is 422 g/mol. The molecule has 11 nitrogen and oxygen atoms in total. The molecule has 1 aliphatic heterocycles. The first-order valence-electron chi connectivity index (χ1n) is 10.1. The van der Waals surface area contributed by atoms with Gasteiger partial charge in [-0.1, -0.05) is 20.3 Å². The first kappa shape index (κ1) is 23.3. The Balaban J connectivity index is 1.93. The van der Waals surface area contributed by atoms with Crippen LogP contribution >= 0.6 is 0 Å². The van der Waals surface area contributed by atoms with Gasteiger partial charge in [-0.2, -0.15) is 0 Å². The number of nitrogens with zero attached hydrogens (tertiary/aromatic N) is 1. The Hall–Kier alpha value is -2.95. The lowest BCUT2D eigenvalue weighted by Crippen LogP contribution is -2.56. The van der Waals surface area contributed by atoms with E-state index in [2.05, 4.69) is 31.2 Å². The van der Waals surface area contributed by atoms with E-state index in [1.165, 1.54) is 12.5 Å². The summed E-state index contributed by atoms with van der Waals surface area (Å²) in [7, 11) is 0. The normalized spacial score (nSPS) is 18.8. The smallest absolute Gasteiger partial charge is 0.326 e. The fourth-order valence-corrected chi connectivity index (χ4v) is 3.20. The van der Waals surface area contributed by atoms with Gasteiger partial charge in [0, 0.05) is 18.3 Å². The van der Waals surface area contributed by atoms with Gasteiger partial charge in [0.05, 0.1) is 18.9 Å². The van der Waals surface area contributed by atoms with Gasteiger partial charge in [-0.25, -0.2) is 9.78 Å². The molecule has 11 heteroatoms. The summed E-state index contributed by atoms with van der Waals surface area (Å²) in [5.41, 5.74) is 0.565. The summed E-state index contributed by atoms with van der Waals surface area (Å²) >= 11 is 0. The fraction of sp³-hybridized carbons (Fsp3) is 0.632. The summed E-state index contributed by atoms with van der Waals surface area (Å²) in [6.07, 6.45) is 5.16. The number of carbonyl (C=O) groups excluding carboxylic acids is 3. The lowest BCUT2D eigenvalue weighted by Gasteiger charge is -2.25. The molecule has 0 spiro atoms. The van der Waals surface area contributed by atoms with Crippen LogP contribution in [0.15, 0.2) is 12.5 Å². The molecule has 30 heavy (non-hydrogen) atoms. The number of rotatable bonds is 11. The predicted octanol–water partition coefficient (Wildman–Crippen LogP) is -1.08. The van der Waals surface area contributed by atoms with E-state index in [1.807, 2.05) is 6.92 Å². The number of imidazole rings is 1. The second-order valence-electron chi connectivity index (χ2n) is 7.48. The van der Waals surface area contributed by atoms with Gasteiger partial charge in [0.25, 0.3) is 0 Å². The van der Waals surface area contributed by atoms with Gasteiger partial charge in [-0.15, -0.1) is 0 Å². The summed E-state index contributed by atoms with van der Waals surface area (Å²) in [6, 6.07) is -2.40. The molecule has 166 valence electrons. The van der Waals surface area contributed by atoms with Crippen LogP contribution in [0.3, 0.4) is 0 Å². The topological polar surface area (TPSA) is 165 Å². The molecule has 1 fully saturated rings. The number of nitrogens with one attached hydrogen (secondary N) is 5. The molecule has 1 aromatic heterocycles. The zero-order valence-electron chi connectivity index (χ0n) is 17.2. The van der Waals surface area contributed by atoms with Crippen LogP contribution in [0.1, 0.15) is 38.8 Å². The lowest BCUT2D eigenvalue weighted by atomic mass is 9.97. The van der Waals surface area contributed by atoms with Crippen molar-refractivity contribution in [1.82, 2.24) is 31.2 Å². The highest BCUT2D eigenvalue weighted by Crippen LogP contribution is 2.09. The van der Waals surface area contributed by atoms with E-state index < -0.39 is 29.9 Å². The van der Waals surface area contributed by atoms with Crippen molar-refractivity contribution >= 4 is 23.7 Å². The maximum Gasteiger partial charge on any atom is 0.326 e. The van der Waals surface area contributed by atoms with Crippen molar-refractivity contribution in [1.29, 1.82) is 0 Å². The van der Waals surface area contributed by atoms with Crippen LogP contribution in [-0.4, -0.2) is 70.0 Å². The second-order valence-corrected chi connectivity index (χ2v) is 7.48. The largest absolute Gasteiger partial charge is 0.480 e. The molecule has 0 saturated carbocycles. The van der Waals surface area contributed by atoms with Crippen molar-refractivity contribution < 1.29 is 24.3 Å². The van der Waals surface area contributed by atoms with E-state index >= 15 is 0 Å². The number of hydrogen-bond donors (Lipinski definition) is 6. The van der Waals surface area contributed by atoms with Crippen LogP contribution < -0.4 is 21.3 Å². The van der Waals surface area contributed by atoms with Gasteiger partial charge < -0.3 is 31.4 Å². The zero-order chi connectivity index (χ0) is 22.1. The van der Waals surface area contributed by atoms with Crippen LogP contribution in [0.5, 0.6) is 0 Å². The van der Waals surface area contributed by atoms with Crippen LogP contribution in [0, 0.1) is 5.92 Å². The minimum atomic E-state index is -1.19. The highest BCUT2D eigenvalue weighted by molar-refractivity contribution is 5.92. The van der Waals surface area contributed by atoms with Crippen molar-refractivity contribution in [2.24, 2.45) is 5.92 Å². The third kappa shape index (κ3) is 6.83. The average molecular weight is 422 g/mol. The van der Waals surface area contributed by atoms with E-state index in [4.69, 9.17) is 0 Å². The second kappa shape index (κ2) is 11.3. The fourth-order valence-electron chi connectivity index (χ4n) is 3.20. The van der Waals surface area contributed by atoms with E-state index in [1.54, 1.807) is 6.92 Å². The van der Waals surface area contributed by atoms with Gasteiger partial charge in [0.2, 0.25) is 17.7 Å². The molecule has 6 N–H and O–H groups in total. The van der Waals surface area contributed by atoms with Crippen molar-refractivity contribution in [3.05, 3.63) is 18.2 Å². The summed E-state index contributed by atoms with van der Waals surface area (Å²) in [4.78, 5) is 55.3. The molecule has 4 atom stereocenters. The molecule has 0 bridgehead atoms. The van der Waals surface area contributed by atoms with Gasteiger partial charge in [-0.05, 0) is 25.3 Å². The van der Waals surface area contributed by atoms with Crippen molar-refractivity contribution in [2.75, 3.05) is 13.1 Å². The molecule has 4 unspecified atom stereocenters. The van der Waals surface area contributed by atoms with Crippen molar-refractivity contribution in [2.45, 2.75) is 57.7 Å². The van der Waals surface area contributed by atoms with E-state index in [9.17, 15) is 24.3 Å². The summed E-state index contributed by atoms with van der Waals surface area (Å²) in [6.45, 7) is 4.16. The number of carboxylic acids is 1. The predicted molar refractivity (Wildman–Crippen MR) is 107 cm³/mol. The van der Waals surface area contributed by atoms with E-state index in [0.29, 0.717) is 12.1 Å². The Morgan fingerprint density at radius 2 is 2.07 bits per heavy atom. The summed E-state index contributed by atoms with van der Waals surface area (Å²) in [5.74, 6) is -2.78. The third-order valence-corrected chi connectivity index (χ3v) is 5.21. The number of aliphatic carboxylic acids is 1. The molecule has 2 heterocycles. The van der Waals surface area contributed by atoms with Gasteiger partial charge in [-0.3, -0.25) is 14.4 Å². The van der Waals surface area contributed by atoms with Crippen LogP contribution in [0.25, 0.3) is 0 Å². The molecular formula is C19H30N6O5. The number of hydrogen-bond acceptors (Lipinski definition) is 6. The highest BCUT2D eigenvalue weighted by Gasteiger charge is 2.30. The number of aromatic amines is 1. The van der Waals surface area contributed by atoms with Crippen molar-refractivity contribution in [3.63, 3.8) is 0 Å². The Bertz CT molecular complexity index is 732.